The molecule has 2 rings (SSSR count). The van der Waals surface area contributed by atoms with Crippen molar-refractivity contribution < 1.29 is 13.9 Å². The molecule has 0 bridgehead atoms. The molecular formula is C16H17NO3. The van der Waals surface area contributed by atoms with E-state index >= 15 is 0 Å². The molecule has 1 heterocycles. The molecule has 2 N–H and O–H groups in total. The number of esters is 1. The zero-order valence-electron chi connectivity index (χ0n) is 11.6. The average molecular weight is 271 g/mol. The summed E-state index contributed by atoms with van der Waals surface area (Å²) in [6.07, 6.45) is 2.93. The molecule has 1 aromatic carbocycles. The number of carbonyl (C=O) groups excluding carboxylic acids is 1. The summed E-state index contributed by atoms with van der Waals surface area (Å²) in [5.41, 5.74) is 8.50. The van der Waals surface area contributed by atoms with Crippen LogP contribution in [-0.2, 0) is 9.53 Å². The third-order valence-electron chi connectivity index (χ3n) is 2.82. The summed E-state index contributed by atoms with van der Waals surface area (Å²) in [7, 11) is 0. The van der Waals surface area contributed by atoms with Gasteiger partial charge in [-0.2, -0.15) is 0 Å². The smallest absolute Gasteiger partial charge is 0.330 e. The van der Waals surface area contributed by atoms with Gasteiger partial charge in [-0.05, 0) is 49.8 Å². The normalized spacial score (nSPS) is 10.9. The number of furan rings is 1. The van der Waals surface area contributed by atoms with Gasteiger partial charge >= 0.3 is 5.97 Å². The van der Waals surface area contributed by atoms with Gasteiger partial charge in [-0.1, -0.05) is 6.07 Å². The number of anilines is 1. The van der Waals surface area contributed by atoms with Crippen molar-refractivity contribution in [2.24, 2.45) is 0 Å². The lowest BCUT2D eigenvalue weighted by Gasteiger charge is -2.03. The van der Waals surface area contributed by atoms with E-state index in [0.717, 1.165) is 16.9 Å². The van der Waals surface area contributed by atoms with Crippen molar-refractivity contribution in [1.29, 1.82) is 0 Å². The molecule has 0 aliphatic heterocycles. The van der Waals surface area contributed by atoms with Gasteiger partial charge in [-0.15, -0.1) is 0 Å². The number of carbonyl (C=O) groups is 1. The summed E-state index contributed by atoms with van der Waals surface area (Å²) in [6, 6.07) is 9.32. The van der Waals surface area contributed by atoms with Crippen molar-refractivity contribution in [2.45, 2.75) is 13.8 Å². The second-order valence-electron chi connectivity index (χ2n) is 4.36. The Labute approximate surface area is 117 Å². The molecule has 0 aliphatic rings. The zero-order chi connectivity index (χ0) is 14.5. The van der Waals surface area contributed by atoms with Crippen LogP contribution in [-0.4, -0.2) is 12.6 Å². The minimum Gasteiger partial charge on any atom is -0.463 e. The Kier molecular flexibility index (Phi) is 4.25. The van der Waals surface area contributed by atoms with Crippen LogP contribution in [0.1, 0.15) is 18.2 Å². The number of aryl methyl sites for hydroxylation is 1. The number of benzene rings is 1. The largest absolute Gasteiger partial charge is 0.463 e. The number of hydrogen-bond donors (Lipinski definition) is 1. The Hall–Kier alpha value is -2.49. The molecule has 0 saturated heterocycles. The van der Waals surface area contributed by atoms with Crippen LogP contribution in [0.4, 0.5) is 5.69 Å². The lowest BCUT2D eigenvalue weighted by molar-refractivity contribution is -0.137. The Bertz CT molecular complexity index is 641. The average Bonchev–Trinajstić information content (AvgIpc) is 2.88. The molecule has 20 heavy (non-hydrogen) atoms. The standard InChI is InChI=1S/C16H17NO3/c1-3-19-16(18)9-7-13-6-8-15(20-13)14-10-12(17)5-4-11(14)2/h4-10H,3,17H2,1-2H3/b9-7+. The van der Waals surface area contributed by atoms with Crippen molar-refractivity contribution in [3.63, 3.8) is 0 Å². The van der Waals surface area contributed by atoms with E-state index in [4.69, 9.17) is 14.9 Å². The molecule has 0 atom stereocenters. The third kappa shape index (κ3) is 3.29. The van der Waals surface area contributed by atoms with Gasteiger partial charge in [0, 0.05) is 17.3 Å². The summed E-state index contributed by atoms with van der Waals surface area (Å²) < 4.78 is 10.5. The van der Waals surface area contributed by atoms with Gasteiger partial charge in [-0.25, -0.2) is 4.79 Å². The molecule has 1 aromatic heterocycles. The number of ether oxygens (including phenoxy) is 1. The summed E-state index contributed by atoms with van der Waals surface area (Å²) in [6.45, 7) is 4.11. The molecule has 4 nitrogen and oxygen atoms in total. The fourth-order valence-corrected chi connectivity index (χ4v) is 1.83. The summed E-state index contributed by atoms with van der Waals surface area (Å²) >= 11 is 0. The summed E-state index contributed by atoms with van der Waals surface area (Å²) in [4.78, 5) is 11.2. The van der Waals surface area contributed by atoms with Gasteiger partial charge in [0.1, 0.15) is 11.5 Å². The predicted molar refractivity (Wildman–Crippen MR) is 79.0 cm³/mol. The first-order chi connectivity index (χ1) is 9.60. The molecule has 0 unspecified atom stereocenters. The highest BCUT2D eigenvalue weighted by atomic mass is 16.5. The van der Waals surface area contributed by atoms with Gasteiger partial charge in [0.15, 0.2) is 0 Å². The molecule has 0 amide bonds. The van der Waals surface area contributed by atoms with Gasteiger partial charge in [-0.3, -0.25) is 0 Å². The third-order valence-corrected chi connectivity index (χ3v) is 2.82. The molecule has 0 saturated carbocycles. The molecule has 104 valence electrons. The van der Waals surface area contributed by atoms with E-state index in [1.165, 1.54) is 6.08 Å². The molecule has 0 aliphatic carbocycles. The lowest BCUT2D eigenvalue weighted by atomic mass is 10.1. The monoisotopic (exact) mass is 271 g/mol. The van der Waals surface area contributed by atoms with E-state index in [1.54, 1.807) is 19.1 Å². The van der Waals surface area contributed by atoms with Gasteiger partial charge in [0.05, 0.1) is 6.61 Å². The van der Waals surface area contributed by atoms with Crippen molar-refractivity contribution in [3.05, 3.63) is 47.7 Å². The second-order valence-corrected chi connectivity index (χ2v) is 4.36. The Morgan fingerprint density at radius 2 is 2.15 bits per heavy atom. The Balaban J connectivity index is 2.21. The van der Waals surface area contributed by atoms with Crippen LogP contribution in [0.15, 0.2) is 40.8 Å². The van der Waals surface area contributed by atoms with Crippen LogP contribution in [0.5, 0.6) is 0 Å². The molecule has 4 heteroatoms. The quantitative estimate of drug-likeness (QED) is 0.525. The van der Waals surface area contributed by atoms with Crippen LogP contribution in [0, 0.1) is 6.92 Å². The molecule has 0 spiro atoms. The van der Waals surface area contributed by atoms with Crippen molar-refractivity contribution in [1.82, 2.24) is 0 Å². The van der Waals surface area contributed by atoms with Gasteiger partial charge in [0.2, 0.25) is 0 Å². The van der Waals surface area contributed by atoms with Crippen LogP contribution >= 0.6 is 0 Å². The minimum atomic E-state index is -0.384. The summed E-state index contributed by atoms with van der Waals surface area (Å²) in [5, 5.41) is 0. The van der Waals surface area contributed by atoms with E-state index in [1.807, 2.05) is 31.2 Å². The highest BCUT2D eigenvalue weighted by Crippen LogP contribution is 2.27. The molecule has 0 radical (unpaired) electrons. The Morgan fingerprint density at radius 1 is 1.35 bits per heavy atom. The molecule has 0 fully saturated rings. The fraction of sp³-hybridized carbons (Fsp3) is 0.188. The van der Waals surface area contributed by atoms with Crippen LogP contribution < -0.4 is 5.73 Å². The van der Waals surface area contributed by atoms with Crippen LogP contribution in [0.2, 0.25) is 0 Å². The zero-order valence-corrected chi connectivity index (χ0v) is 11.6. The van der Waals surface area contributed by atoms with Crippen LogP contribution in [0.25, 0.3) is 17.4 Å². The minimum absolute atomic E-state index is 0.356. The highest BCUT2D eigenvalue weighted by molar-refractivity contribution is 5.86. The van der Waals surface area contributed by atoms with Gasteiger partial charge < -0.3 is 14.9 Å². The predicted octanol–water partition coefficient (Wildman–Crippen LogP) is 3.41. The maximum absolute atomic E-state index is 11.2. The maximum atomic E-state index is 11.2. The summed E-state index contributed by atoms with van der Waals surface area (Å²) in [5.74, 6) is 0.929. The lowest BCUT2D eigenvalue weighted by Crippen LogP contribution is -1.98. The fourth-order valence-electron chi connectivity index (χ4n) is 1.83. The maximum Gasteiger partial charge on any atom is 0.330 e. The highest BCUT2D eigenvalue weighted by Gasteiger charge is 2.07. The van der Waals surface area contributed by atoms with Crippen molar-refractivity contribution in [3.8, 4) is 11.3 Å². The number of rotatable bonds is 4. The van der Waals surface area contributed by atoms with E-state index in [9.17, 15) is 4.79 Å². The first kappa shape index (κ1) is 13.9. The SMILES string of the molecule is CCOC(=O)/C=C/c1ccc(-c2cc(N)ccc2C)o1. The Morgan fingerprint density at radius 3 is 2.90 bits per heavy atom. The second kappa shape index (κ2) is 6.10. The van der Waals surface area contributed by atoms with Crippen molar-refractivity contribution >= 4 is 17.7 Å². The van der Waals surface area contributed by atoms with E-state index < -0.39 is 0 Å². The van der Waals surface area contributed by atoms with E-state index in [-0.39, 0.29) is 5.97 Å². The first-order valence-corrected chi connectivity index (χ1v) is 6.41. The number of nitrogen functional groups attached to an aromatic ring is 1. The van der Waals surface area contributed by atoms with Crippen LogP contribution in [0.3, 0.4) is 0 Å². The molecular weight excluding hydrogens is 254 g/mol. The van der Waals surface area contributed by atoms with E-state index in [2.05, 4.69) is 0 Å². The topological polar surface area (TPSA) is 65.5 Å². The molecule has 2 aromatic rings. The number of hydrogen-bond acceptors (Lipinski definition) is 4. The first-order valence-electron chi connectivity index (χ1n) is 6.41. The van der Waals surface area contributed by atoms with Crippen molar-refractivity contribution in [2.75, 3.05) is 12.3 Å². The number of nitrogens with two attached hydrogens (primary N) is 1. The van der Waals surface area contributed by atoms with Gasteiger partial charge in [0.25, 0.3) is 0 Å². The van der Waals surface area contributed by atoms with E-state index in [0.29, 0.717) is 18.1 Å².